The van der Waals surface area contributed by atoms with Gasteiger partial charge in [0.15, 0.2) is 0 Å². The number of hydrogen-bond acceptors (Lipinski definition) is 4. The maximum atomic E-state index is 12.0. The molecule has 2 aromatic carbocycles. The maximum Gasteiger partial charge on any atom is 0.0585 e. The molecule has 0 aliphatic rings. The van der Waals surface area contributed by atoms with Gasteiger partial charge in [0.2, 0.25) is 0 Å². The molecule has 0 heterocycles. The molecular formula is C24H30N2O2-2. The smallest absolute Gasteiger partial charge is 0.0585 e. The third kappa shape index (κ3) is 5.95. The molecule has 2 aromatic rings. The first kappa shape index (κ1) is 21.7. The van der Waals surface area contributed by atoms with Gasteiger partial charge < -0.3 is 10.2 Å². The average Bonchev–Trinajstić information content (AvgIpc) is 2.58. The van der Waals surface area contributed by atoms with Crippen LogP contribution in [0.25, 0.3) is 0 Å². The van der Waals surface area contributed by atoms with Crippen LogP contribution in [0.4, 0.5) is 0 Å². The van der Waals surface area contributed by atoms with Crippen LogP contribution in [0.15, 0.2) is 46.4 Å². The van der Waals surface area contributed by atoms with Gasteiger partial charge in [-0.2, -0.15) is 0 Å². The van der Waals surface area contributed by atoms with Crippen LogP contribution in [0.3, 0.4) is 0 Å². The van der Waals surface area contributed by atoms with Gasteiger partial charge >= 0.3 is 0 Å². The van der Waals surface area contributed by atoms with E-state index in [0.717, 1.165) is 11.1 Å². The van der Waals surface area contributed by atoms with E-state index < -0.39 is 0 Å². The molecule has 0 atom stereocenters. The molecule has 28 heavy (non-hydrogen) atoms. The van der Waals surface area contributed by atoms with Crippen molar-refractivity contribution in [3.8, 4) is 11.5 Å². The molecule has 0 spiro atoms. The molecule has 2 rings (SSSR count). The van der Waals surface area contributed by atoms with Crippen molar-refractivity contribution < 1.29 is 10.2 Å². The summed E-state index contributed by atoms with van der Waals surface area (Å²) in [4.78, 5) is 8.64. The van der Waals surface area contributed by atoms with E-state index in [1.807, 2.05) is 24.3 Å². The summed E-state index contributed by atoms with van der Waals surface area (Å²) in [6, 6.07) is 10.7. The van der Waals surface area contributed by atoms with Gasteiger partial charge in [0, 0.05) is 12.4 Å². The fraction of sp³-hybridized carbons (Fsp3) is 0.417. The van der Waals surface area contributed by atoms with E-state index in [-0.39, 0.29) is 22.3 Å². The number of aliphatic imine (C=N–C) groups is 2. The van der Waals surface area contributed by atoms with Gasteiger partial charge in [-0.1, -0.05) is 77.9 Å². The number of benzene rings is 2. The second kappa shape index (κ2) is 8.59. The lowest BCUT2D eigenvalue weighted by Crippen LogP contribution is -2.12. The third-order valence-corrected chi connectivity index (χ3v) is 4.57. The van der Waals surface area contributed by atoms with Crippen LogP contribution in [-0.4, -0.2) is 25.5 Å². The van der Waals surface area contributed by atoms with Gasteiger partial charge in [0.25, 0.3) is 0 Å². The fourth-order valence-electron chi connectivity index (χ4n) is 2.67. The van der Waals surface area contributed by atoms with Gasteiger partial charge in [0.05, 0.1) is 13.1 Å². The molecule has 4 nitrogen and oxygen atoms in total. The summed E-state index contributed by atoms with van der Waals surface area (Å²) < 4.78 is 0. The molecule has 0 bridgehead atoms. The molecule has 0 radical (unpaired) electrons. The van der Waals surface area contributed by atoms with Crippen LogP contribution in [0.1, 0.15) is 63.8 Å². The second-order valence-corrected chi connectivity index (χ2v) is 9.08. The van der Waals surface area contributed by atoms with Crippen molar-refractivity contribution in [3.05, 3.63) is 58.7 Å². The van der Waals surface area contributed by atoms with Crippen LogP contribution < -0.4 is 10.2 Å². The SMILES string of the molecule is CC(C)(C)c1ccc([O-])c(C=NCCN=Cc2cc(C(C)(C)C)ccc2[O-])c1. The molecule has 0 aliphatic carbocycles. The van der Waals surface area contributed by atoms with Crippen LogP contribution >= 0.6 is 0 Å². The zero-order valence-electron chi connectivity index (χ0n) is 17.7. The van der Waals surface area contributed by atoms with Gasteiger partial charge in [-0.3, -0.25) is 9.98 Å². The predicted octanol–water partition coefficient (Wildman–Crippen LogP) is 3.97. The lowest BCUT2D eigenvalue weighted by molar-refractivity contribution is -0.269. The molecule has 150 valence electrons. The first-order valence-electron chi connectivity index (χ1n) is 9.61. The van der Waals surface area contributed by atoms with E-state index in [0.29, 0.717) is 24.2 Å². The molecule has 0 unspecified atom stereocenters. The summed E-state index contributed by atoms with van der Waals surface area (Å²) in [5.41, 5.74) is 3.37. The Balaban J connectivity index is 2.00. The van der Waals surface area contributed by atoms with E-state index in [1.165, 1.54) is 0 Å². The first-order valence-corrected chi connectivity index (χ1v) is 9.61. The highest BCUT2D eigenvalue weighted by atomic mass is 16.3. The van der Waals surface area contributed by atoms with Crippen molar-refractivity contribution in [2.45, 2.75) is 52.4 Å². The summed E-state index contributed by atoms with van der Waals surface area (Å²) in [5, 5.41) is 24.0. The van der Waals surface area contributed by atoms with Gasteiger partial charge in [-0.15, -0.1) is 11.5 Å². The van der Waals surface area contributed by atoms with Crippen molar-refractivity contribution in [2.75, 3.05) is 13.1 Å². The first-order chi connectivity index (χ1) is 13.0. The van der Waals surface area contributed by atoms with E-state index in [9.17, 15) is 10.2 Å². The minimum absolute atomic E-state index is 0.0157. The summed E-state index contributed by atoms with van der Waals surface area (Å²) in [6.45, 7) is 13.6. The van der Waals surface area contributed by atoms with Gasteiger partial charge in [-0.25, -0.2) is 0 Å². The van der Waals surface area contributed by atoms with E-state index in [2.05, 4.69) is 51.5 Å². The van der Waals surface area contributed by atoms with Gasteiger partial charge in [-0.05, 0) is 33.1 Å². The largest absolute Gasteiger partial charge is 0.872 e. The standard InChI is InChI=1S/C24H32N2O2/c1-23(2,3)19-7-9-21(27)17(13-19)15-25-11-12-26-16-18-14-20(24(4,5)6)8-10-22(18)28/h7-10,13-16,27-28H,11-12H2,1-6H3/p-2. The molecule has 4 heteroatoms. The Hall–Kier alpha value is -2.62. The average molecular weight is 379 g/mol. The molecule has 0 aromatic heterocycles. The van der Waals surface area contributed by atoms with E-state index in [1.54, 1.807) is 24.6 Å². The summed E-state index contributed by atoms with van der Waals surface area (Å²) in [7, 11) is 0. The van der Waals surface area contributed by atoms with E-state index in [4.69, 9.17) is 0 Å². The molecule has 0 aliphatic heterocycles. The van der Waals surface area contributed by atoms with E-state index >= 15 is 0 Å². The Morgan fingerprint density at radius 2 is 1.04 bits per heavy atom. The molecule has 0 saturated carbocycles. The van der Waals surface area contributed by atoms with Crippen LogP contribution in [0, 0.1) is 0 Å². The Kier molecular flexibility index (Phi) is 6.65. The predicted molar refractivity (Wildman–Crippen MR) is 114 cm³/mol. The molecule has 0 amide bonds. The Labute approximate surface area is 168 Å². The number of hydrogen-bond donors (Lipinski definition) is 0. The Bertz CT molecular complexity index is 796. The van der Waals surface area contributed by atoms with Crippen molar-refractivity contribution in [2.24, 2.45) is 9.98 Å². The second-order valence-electron chi connectivity index (χ2n) is 9.08. The monoisotopic (exact) mass is 378 g/mol. The van der Waals surface area contributed by atoms with Crippen molar-refractivity contribution in [3.63, 3.8) is 0 Å². The summed E-state index contributed by atoms with van der Waals surface area (Å²) in [5.74, 6) is -0.0644. The lowest BCUT2D eigenvalue weighted by atomic mass is 9.86. The van der Waals surface area contributed by atoms with Crippen LogP contribution in [0.2, 0.25) is 0 Å². The molecular weight excluding hydrogens is 348 g/mol. The van der Waals surface area contributed by atoms with Crippen molar-refractivity contribution in [1.29, 1.82) is 0 Å². The van der Waals surface area contributed by atoms with Crippen LogP contribution in [-0.2, 0) is 10.8 Å². The minimum Gasteiger partial charge on any atom is -0.872 e. The Morgan fingerprint density at radius 3 is 1.36 bits per heavy atom. The maximum absolute atomic E-state index is 12.0. The molecule has 0 N–H and O–H groups in total. The topological polar surface area (TPSA) is 70.8 Å². The summed E-state index contributed by atoms with van der Waals surface area (Å²) in [6.07, 6.45) is 3.23. The summed E-state index contributed by atoms with van der Waals surface area (Å²) >= 11 is 0. The highest BCUT2D eigenvalue weighted by Crippen LogP contribution is 2.26. The zero-order chi connectivity index (χ0) is 20.9. The lowest BCUT2D eigenvalue weighted by Gasteiger charge is -2.21. The Morgan fingerprint density at radius 1 is 0.679 bits per heavy atom. The minimum atomic E-state index is -0.0322. The van der Waals surface area contributed by atoms with Crippen LogP contribution in [0.5, 0.6) is 11.5 Å². The van der Waals surface area contributed by atoms with Gasteiger partial charge in [0.1, 0.15) is 0 Å². The quantitative estimate of drug-likeness (QED) is 0.583. The number of nitrogens with zero attached hydrogens (tertiary/aromatic N) is 2. The van der Waals surface area contributed by atoms with Crippen molar-refractivity contribution in [1.82, 2.24) is 0 Å². The third-order valence-electron chi connectivity index (χ3n) is 4.57. The highest BCUT2D eigenvalue weighted by molar-refractivity contribution is 5.84. The fourth-order valence-corrected chi connectivity index (χ4v) is 2.67. The normalized spacial score (nSPS) is 12.9. The highest BCUT2D eigenvalue weighted by Gasteiger charge is 2.14. The van der Waals surface area contributed by atoms with Crippen molar-refractivity contribution >= 4 is 12.4 Å². The zero-order valence-corrected chi connectivity index (χ0v) is 17.7. The molecule has 0 saturated heterocycles. The molecule has 0 fully saturated rings. The number of rotatable bonds is 5.